The van der Waals surface area contributed by atoms with Gasteiger partial charge in [-0.1, -0.05) is 34.1 Å². The summed E-state index contributed by atoms with van der Waals surface area (Å²) in [6.07, 6.45) is 0. The molecule has 1 atom stereocenters. The van der Waals surface area contributed by atoms with Gasteiger partial charge in [-0.05, 0) is 30.3 Å². The van der Waals surface area contributed by atoms with Crippen LogP contribution in [0.1, 0.15) is 11.6 Å². The third-order valence-corrected chi connectivity index (χ3v) is 3.46. The predicted octanol–water partition coefficient (Wildman–Crippen LogP) is 3.57. The Labute approximate surface area is 121 Å². The standard InChI is InChI=1S/C15H17BrN2O/c1-19-15-5-3-2-4-13(15)14(10-17)18-12-8-6-11(16)7-9-12/h2-9,14,18H,10,17H2,1H3. The summed E-state index contributed by atoms with van der Waals surface area (Å²) in [7, 11) is 1.67. The average molecular weight is 321 g/mol. The van der Waals surface area contributed by atoms with Crippen LogP contribution in [-0.4, -0.2) is 13.7 Å². The first-order valence-electron chi connectivity index (χ1n) is 6.09. The van der Waals surface area contributed by atoms with Crippen molar-refractivity contribution in [3.8, 4) is 5.75 Å². The van der Waals surface area contributed by atoms with E-state index in [0.29, 0.717) is 6.54 Å². The van der Waals surface area contributed by atoms with Crippen LogP contribution in [0.5, 0.6) is 5.75 Å². The number of nitrogens with one attached hydrogen (secondary N) is 1. The number of anilines is 1. The van der Waals surface area contributed by atoms with Crippen molar-refractivity contribution in [2.75, 3.05) is 19.0 Å². The fourth-order valence-electron chi connectivity index (χ4n) is 1.97. The fraction of sp³-hybridized carbons (Fsp3) is 0.200. The average Bonchev–Trinajstić information content (AvgIpc) is 2.46. The van der Waals surface area contributed by atoms with Gasteiger partial charge in [-0.3, -0.25) is 0 Å². The van der Waals surface area contributed by atoms with Gasteiger partial charge >= 0.3 is 0 Å². The molecule has 0 amide bonds. The van der Waals surface area contributed by atoms with E-state index in [0.717, 1.165) is 21.5 Å². The molecule has 4 heteroatoms. The molecular weight excluding hydrogens is 304 g/mol. The first-order chi connectivity index (χ1) is 9.24. The zero-order valence-corrected chi connectivity index (χ0v) is 12.4. The van der Waals surface area contributed by atoms with Crippen LogP contribution in [0.2, 0.25) is 0 Å². The van der Waals surface area contributed by atoms with Gasteiger partial charge in [0.2, 0.25) is 0 Å². The molecule has 3 nitrogen and oxygen atoms in total. The van der Waals surface area contributed by atoms with Crippen LogP contribution < -0.4 is 15.8 Å². The maximum Gasteiger partial charge on any atom is 0.124 e. The largest absolute Gasteiger partial charge is 0.496 e. The lowest BCUT2D eigenvalue weighted by molar-refractivity contribution is 0.407. The van der Waals surface area contributed by atoms with Crippen LogP contribution in [0, 0.1) is 0 Å². The Balaban J connectivity index is 2.22. The molecule has 0 aliphatic heterocycles. The number of nitrogens with two attached hydrogens (primary N) is 1. The number of para-hydroxylation sites is 1. The minimum atomic E-state index is 0.0253. The van der Waals surface area contributed by atoms with E-state index in [2.05, 4.69) is 21.2 Å². The van der Waals surface area contributed by atoms with Crippen LogP contribution in [0.3, 0.4) is 0 Å². The summed E-state index contributed by atoms with van der Waals surface area (Å²) in [6, 6.07) is 16.0. The number of benzene rings is 2. The smallest absolute Gasteiger partial charge is 0.124 e. The molecular formula is C15H17BrN2O. The molecule has 3 N–H and O–H groups in total. The van der Waals surface area contributed by atoms with Gasteiger partial charge in [0.1, 0.15) is 5.75 Å². The molecule has 0 heterocycles. The van der Waals surface area contributed by atoms with E-state index in [1.807, 2.05) is 48.5 Å². The predicted molar refractivity (Wildman–Crippen MR) is 82.6 cm³/mol. The highest BCUT2D eigenvalue weighted by Crippen LogP contribution is 2.27. The molecule has 0 spiro atoms. The van der Waals surface area contributed by atoms with Gasteiger partial charge in [-0.15, -0.1) is 0 Å². The first kappa shape index (κ1) is 13.9. The van der Waals surface area contributed by atoms with E-state index in [1.54, 1.807) is 7.11 Å². The second-order valence-electron chi connectivity index (χ2n) is 4.18. The SMILES string of the molecule is COc1ccccc1C(CN)Nc1ccc(Br)cc1. The minimum absolute atomic E-state index is 0.0253. The Kier molecular flexibility index (Phi) is 4.82. The van der Waals surface area contributed by atoms with E-state index in [-0.39, 0.29) is 6.04 Å². The number of hydrogen-bond donors (Lipinski definition) is 2. The van der Waals surface area contributed by atoms with Gasteiger partial charge in [0, 0.05) is 22.3 Å². The summed E-state index contributed by atoms with van der Waals surface area (Å²) in [4.78, 5) is 0. The second-order valence-corrected chi connectivity index (χ2v) is 5.10. The third-order valence-electron chi connectivity index (χ3n) is 2.94. The lowest BCUT2D eigenvalue weighted by Crippen LogP contribution is -2.21. The number of rotatable bonds is 5. The summed E-state index contributed by atoms with van der Waals surface area (Å²) >= 11 is 3.42. The van der Waals surface area contributed by atoms with Gasteiger partial charge < -0.3 is 15.8 Å². The maximum absolute atomic E-state index is 5.88. The molecule has 0 aromatic heterocycles. The zero-order valence-electron chi connectivity index (χ0n) is 10.8. The Bertz CT molecular complexity index is 528. The number of hydrogen-bond acceptors (Lipinski definition) is 3. The monoisotopic (exact) mass is 320 g/mol. The molecule has 1 unspecified atom stereocenters. The van der Waals surface area contributed by atoms with Crippen LogP contribution in [0.15, 0.2) is 53.0 Å². The molecule has 100 valence electrons. The van der Waals surface area contributed by atoms with Gasteiger partial charge in [-0.25, -0.2) is 0 Å². The van der Waals surface area contributed by atoms with Crippen LogP contribution >= 0.6 is 15.9 Å². The first-order valence-corrected chi connectivity index (χ1v) is 6.89. The Morgan fingerprint density at radius 3 is 2.47 bits per heavy atom. The lowest BCUT2D eigenvalue weighted by Gasteiger charge is -2.20. The molecule has 2 aromatic rings. The van der Waals surface area contributed by atoms with Crippen molar-refractivity contribution in [2.24, 2.45) is 5.73 Å². The second kappa shape index (κ2) is 6.59. The highest BCUT2D eigenvalue weighted by atomic mass is 79.9. The van der Waals surface area contributed by atoms with Crippen LogP contribution in [0.25, 0.3) is 0 Å². The molecule has 0 saturated carbocycles. The van der Waals surface area contributed by atoms with E-state index >= 15 is 0 Å². The molecule has 0 fully saturated rings. The lowest BCUT2D eigenvalue weighted by atomic mass is 10.1. The molecule has 2 aromatic carbocycles. The summed E-state index contributed by atoms with van der Waals surface area (Å²) in [6.45, 7) is 0.496. The highest BCUT2D eigenvalue weighted by molar-refractivity contribution is 9.10. The van der Waals surface area contributed by atoms with Gasteiger partial charge in [-0.2, -0.15) is 0 Å². The Morgan fingerprint density at radius 2 is 1.84 bits per heavy atom. The minimum Gasteiger partial charge on any atom is -0.496 e. The van der Waals surface area contributed by atoms with Crippen molar-refractivity contribution in [3.63, 3.8) is 0 Å². The number of methoxy groups -OCH3 is 1. The molecule has 0 saturated heterocycles. The summed E-state index contributed by atoms with van der Waals surface area (Å²) < 4.78 is 6.44. The molecule has 0 radical (unpaired) electrons. The zero-order chi connectivity index (χ0) is 13.7. The van der Waals surface area contributed by atoms with Gasteiger partial charge in [0.05, 0.1) is 13.2 Å². The van der Waals surface area contributed by atoms with E-state index < -0.39 is 0 Å². The van der Waals surface area contributed by atoms with Crippen LogP contribution in [-0.2, 0) is 0 Å². The number of halogens is 1. The normalized spacial score (nSPS) is 11.9. The van der Waals surface area contributed by atoms with Gasteiger partial charge in [0.15, 0.2) is 0 Å². The molecule has 0 aliphatic carbocycles. The van der Waals surface area contributed by atoms with Crippen molar-refractivity contribution in [2.45, 2.75) is 6.04 Å². The van der Waals surface area contributed by atoms with Gasteiger partial charge in [0.25, 0.3) is 0 Å². The van der Waals surface area contributed by atoms with Crippen LogP contribution in [0.4, 0.5) is 5.69 Å². The van der Waals surface area contributed by atoms with E-state index in [4.69, 9.17) is 10.5 Å². The van der Waals surface area contributed by atoms with Crippen molar-refractivity contribution in [1.82, 2.24) is 0 Å². The van der Waals surface area contributed by atoms with Crippen molar-refractivity contribution in [3.05, 3.63) is 58.6 Å². The molecule has 0 aliphatic rings. The maximum atomic E-state index is 5.88. The summed E-state index contributed by atoms with van der Waals surface area (Å²) in [5.41, 5.74) is 7.98. The Morgan fingerprint density at radius 1 is 1.16 bits per heavy atom. The summed E-state index contributed by atoms with van der Waals surface area (Å²) in [5.74, 6) is 0.850. The Hall–Kier alpha value is -1.52. The van der Waals surface area contributed by atoms with E-state index in [9.17, 15) is 0 Å². The molecule has 0 bridgehead atoms. The summed E-state index contributed by atoms with van der Waals surface area (Å²) in [5, 5.41) is 3.42. The molecule has 2 rings (SSSR count). The third kappa shape index (κ3) is 3.49. The topological polar surface area (TPSA) is 47.3 Å². The van der Waals surface area contributed by atoms with Crippen molar-refractivity contribution >= 4 is 21.6 Å². The number of ether oxygens (including phenoxy) is 1. The van der Waals surface area contributed by atoms with Crippen molar-refractivity contribution in [1.29, 1.82) is 0 Å². The fourth-order valence-corrected chi connectivity index (χ4v) is 2.23. The molecule has 19 heavy (non-hydrogen) atoms. The van der Waals surface area contributed by atoms with Crippen molar-refractivity contribution < 1.29 is 4.74 Å². The quantitative estimate of drug-likeness (QED) is 0.885. The van der Waals surface area contributed by atoms with E-state index in [1.165, 1.54) is 0 Å². The highest BCUT2D eigenvalue weighted by Gasteiger charge is 2.13.